The van der Waals surface area contributed by atoms with E-state index in [1.165, 1.54) is 11.3 Å². The quantitative estimate of drug-likeness (QED) is 0.784. The highest BCUT2D eigenvalue weighted by atomic mass is 32.1. The molecule has 1 heterocycles. The van der Waals surface area contributed by atoms with Gasteiger partial charge in [-0.3, -0.25) is 0 Å². The zero-order chi connectivity index (χ0) is 13.5. The first kappa shape index (κ1) is 13.4. The van der Waals surface area contributed by atoms with Gasteiger partial charge in [-0.05, 0) is 5.56 Å². The van der Waals surface area contributed by atoms with E-state index in [0.717, 1.165) is 16.4 Å². The Morgan fingerprint density at radius 1 is 1.21 bits per heavy atom. The molecule has 2 amide bonds. The van der Waals surface area contributed by atoms with Crippen molar-refractivity contribution >= 4 is 22.5 Å². The Balaban J connectivity index is 1.73. The van der Waals surface area contributed by atoms with E-state index in [1.54, 1.807) is 0 Å². The van der Waals surface area contributed by atoms with E-state index in [-0.39, 0.29) is 6.03 Å². The number of amides is 2. The lowest BCUT2D eigenvalue weighted by atomic mass is 10.2. The molecule has 1 aromatic carbocycles. The van der Waals surface area contributed by atoms with Gasteiger partial charge in [0.15, 0.2) is 5.13 Å². The standard InChI is InChI=1S/C13H16N4OS/c1-14-13-17-11(9-19-13)8-16-12(18)15-7-10-5-3-2-4-6-10/h2-6,9H,7-8H2,1H3,(H,14,17)(H2,15,16,18). The third-order valence-corrected chi connectivity index (χ3v) is 3.40. The van der Waals surface area contributed by atoms with Crippen LogP contribution < -0.4 is 16.0 Å². The van der Waals surface area contributed by atoms with E-state index in [0.29, 0.717) is 13.1 Å². The number of carbonyl (C=O) groups excluding carboxylic acids is 1. The maximum Gasteiger partial charge on any atom is 0.315 e. The summed E-state index contributed by atoms with van der Waals surface area (Å²) in [4.78, 5) is 15.9. The van der Waals surface area contributed by atoms with Crippen LogP contribution in [0.25, 0.3) is 0 Å². The highest BCUT2D eigenvalue weighted by Crippen LogP contribution is 2.13. The van der Waals surface area contributed by atoms with E-state index in [2.05, 4.69) is 20.9 Å². The SMILES string of the molecule is CNc1nc(CNC(=O)NCc2ccccc2)cs1. The van der Waals surface area contributed by atoms with Crippen LogP contribution in [-0.2, 0) is 13.1 Å². The highest BCUT2D eigenvalue weighted by molar-refractivity contribution is 7.13. The lowest BCUT2D eigenvalue weighted by Crippen LogP contribution is -2.34. The molecule has 0 fully saturated rings. The fourth-order valence-electron chi connectivity index (χ4n) is 1.51. The van der Waals surface area contributed by atoms with Gasteiger partial charge < -0.3 is 16.0 Å². The number of nitrogens with zero attached hydrogens (tertiary/aromatic N) is 1. The summed E-state index contributed by atoms with van der Waals surface area (Å²) in [5.74, 6) is 0. The monoisotopic (exact) mass is 276 g/mol. The van der Waals surface area contributed by atoms with Crippen molar-refractivity contribution in [2.24, 2.45) is 0 Å². The largest absolute Gasteiger partial charge is 0.365 e. The molecule has 6 heteroatoms. The number of urea groups is 1. The van der Waals surface area contributed by atoms with Gasteiger partial charge in [0, 0.05) is 19.0 Å². The van der Waals surface area contributed by atoms with Crippen molar-refractivity contribution in [2.75, 3.05) is 12.4 Å². The van der Waals surface area contributed by atoms with E-state index in [9.17, 15) is 4.79 Å². The molecule has 0 radical (unpaired) electrons. The number of thiazole rings is 1. The number of rotatable bonds is 5. The Morgan fingerprint density at radius 3 is 2.63 bits per heavy atom. The predicted molar refractivity (Wildman–Crippen MR) is 77.2 cm³/mol. The fraction of sp³-hybridized carbons (Fsp3) is 0.231. The molecule has 19 heavy (non-hydrogen) atoms. The summed E-state index contributed by atoms with van der Waals surface area (Å²) in [6.07, 6.45) is 0. The molecule has 0 saturated heterocycles. The number of aromatic nitrogens is 1. The third kappa shape index (κ3) is 4.26. The first-order valence-corrected chi connectivity index (χ1v) is 6.83. The molecule has 5 nitrogen and oxygen atoms in total. The minimum atomic E-state index is -0.192. The second-order valence-corrected chi connectivity index (χ2v) is 4.77. The second kappa shape index (κ2) is 6.75. The average molecular weight is 276 g/mol. The van der Waals surface area contributed by atoms with Gasteiger partial charge in [-0.2, -0.15) is 0 Å². The van der Waals surface area contributed by atoms with Crippen LogP contribution in [0.3, 0.4) is 0 Å². The Kier molecular flexibility index (Phi) is 4.74. The third-order valence-electron chi connectivity index (χ3n) is 2.49. The molecular weight excluding hydrogens is 260 g/mol. The van der Waals surface area contributed by atoms with Crippen LogP contribution in [0.1, 0.15) is 11.3 Å². The summed E-state index contributed by atoms with van der Waals surface area (Å²) < 4.78 is 0. The van der Waals surface area contributed by atoms with Crippen LogP contribution in [0.4, 0.5) is 9.93 Å². The first-order valence-electron chi connectivity index (χ1n) is 5.95. The molecule has 0 aliphatic carbocycles. The van der Waals surface area contributed by atoms with Gasteiger partial charge in [-0.1, -0.05) is 30.3 Å². The van der Waals surface area contributed by atoms with Crippen molar-refractivity contribution in [2.45, 2.75) is 13.1 Å². The van der Waals surface area contributed by atoms with Crippen LogP contribution in [0.5, 0.6) is 0 Å². The first-order chi connectivity index (χ1) is 9.28. The van der Waals surface area contributed by atoms with Crippen molar-refractivity contribution in [3.63, 3.8) is 0 Å². The predicted octanol–water partition coefficient (Wildman–Crippen LogP) is 2.18. The molecule has 0 aliphatic heterocycles. The summed E-state index contributed by atoms with van der Waals surface area (Å²) >= 11 is 1.52. The van der Waals surface area contributed by atoms with Crippen LogP contribution in [0, 0.1) is 0 Å². The van der Waals surface area contributed by atoms with Crippen molar-refractivity contribution in [3.05, 3.63) is 47.0 Å². The lowest BCUT2D eigenvalue weighted by molar-refractivity contribution is 0.240. The molecule has 0 atom stereocenters. The van der Waals surface area contributed by atoms with Gasteiger partial charge in [-0.15, -0.1) is 11.3 Å². The maximum absolute atomic E-state index is 11.6. The van der Waals surface area contributed by atoms with E-state index < -0.39 is 0 Å². The maximum atomic E-state index is 11.6. The number of hydrogen-bond donors (Lipinski definition) is 3. The molecule has 2 aromatic rings. The van der Waals surface area contributed by atoms with Gasteiger partial charge >= 0.3 is 6.03 Å². The number of nitrogens with one attached hydrogen (secondary N) is 3. The van der Waals surface area contributed by atoms with Crippen molar-refractivity contribution < 1.29 is 4.79 Å². The Hall–Kier alpha value is -2.08. The molecule has 0 aliphatic rings. The highest BCUT2D eigenvalue weighted by Gasteiger charge is 2.03. The summed E-state index contributed by atoms with van der Waals surface area (Å²) in [6.45, 7) is 0.949. The van der Waals surface area contributed by atoms with Gasteiger partial charge in [0.2, 0.25) is 0 Å². The molecule has 0 saturated carbocycles. The number of carbonyl (C=O) groups is 1. The lowest BCUT2D eigenvalue weighted by Gasteiger charge is -2.06. The molecule has 2 rings (SSSR count). The van der Waals surface area contributed by atoms with Gasteiger partial charge in [-0.25, -0.2) is 9.78 Å². The Bertz CT molecular complexity index is 526. The van der Waals surface area contributed by atoms with E-state index in [1.807, 2.05) is 42.8 Å². The van der Waals surface area contributed by atoms with Gasteiger partial charge in [0.1, 0.15) is 0 Å². The molecule has 3 N–H and O–H groups in total. The number of hydrogen-bond acceptors (Lipinski definition) is 4. The van der Waals surface area contributed by atoms with Crippen LogP contribution in [0.15, 0.2) is 35.7 Å². The molecule has 0 unspecified atom stereocenters. The zero-order valence-corrected chi connectivity index (χ0v) is 11.5. The summed E-state index contributed by atoms with van der Waals surface area (Å²) in [6, 6.07) is 9.60. The van der Waals surface area contributed by atoms with Crippen molar-refractivity contribution in [3.8, 4) is 0 Å². The van der Waals surface area contributed by atoms with Crippen LogP contribution in [-0.4, -0.2) is 18.1 Å². The van der Waals surface area contributed by atoms with E-state index in [4.69, 9.17) is 0 Å². The molecular formula is C13H16N4OS. The van der Waals surface area contributed by atoms with E-state index >= 15 is 0 Å². The molecule has 1 aromatic heterocycles. The summed E-state index contributed by atoms with van der Waals surface area (Å²) in [5, 5.41) is 11.3. The smallest absolute Gasteiger partial charge is 0.315 e. The van der Waals surface area contributed by atoms with Crippen LogP contribution in [0.2, 0.25) is 0 Å². The van der Waals surface area contributed by atoms with Crippen molar-refractivity contribution in [1.29, 1.82) is 0 Å². The minimum absolute atomic E-state index is 0.192. The molecule has 0 bridgehead atoms. The fourth-order valence-corrected chi connectivity index (χ4v) is 2.19. The van der Waals surface area contributed by atoms with Crippen LogP contribution >= 0.6 is 11.3 Å². The normalized spacial score (nSPS) is 9.95. The zero-order valence-electron chi connectivity index (χ0n) is 10.6. The number of benzene rings is 1. The topological polar surface area (TPSA) is 66.0 Å². The summed E-state index contributed by atoms with van der Waals surface area (Å²) in [5.41, 5.74) is 1.92. The molecule has 0 spiro atoms. The van der Waals surface area contributed by atoms with Gasteiger partial charge in [0.05, 0.1) is 12.2 Å². The van der Waals surface area contributed by atoms with Gasteiger partial charge in [0.25, 0.3) is 0 Å². The molecule has 100 valence electrons. The average Bonchev–Trinajstić information content (AvgIpc) is 2.92. The minimum Gasteiger partial charge on any atom is -0.365 e. The van der Waals surface area contributed by atoms with Crippen molar-refractivity contribution in [1.82, 2.24) is 15.6 Å². The summed E-state index contributed by atoms with van der Waals surface area (Å²) in [7, 11) is 1.82. The second-order valence-electron chi connectivity index (χ2n) is 3.92. The Labute approximate surface area is 116 Å². The Morgan fingerprint density at radius 2 is 1.95 bits per heavy atom. The number of anilines is 1.